The van der Waals surface area contributed by atoms with Crippen LogP contribution in [-0.4, -0.2) is 28.3 Å². The minimum Gasteiger partial charge on any atom is -0.353 e. The number of amides is 1. The number of aromatic nitrogens is 2. The van der Waals surface area contributed by atoms with Crippen LogP contribution in [0.4, 0.5) is 0 Å². The van der Waals surface area contributed by atoms with Crippen molar-refractivity contribution in [3.63, 3.8) is 0 Å². The van der Waals surface area contributed by atoms with E-state index in [0.717, 1.165) is 24.8 Å². The molecule has 5 nitrogen and oxygen atoms in total. The van der Waals surface area contributed by atoms with E-state index in [4.69, 9.17) is 5.73 Å². The average Bonchev–Trinajstić information content (AvgIpc) is 2.95. The molecule has 0 bridgehead atoms. The summed E-state index contributed by atoms with van der Waals surface area (Å²) in [4.78, 5) is 11.9. The number of nitrogens with one attached hydrogen (secondary N) is 1. The third-order valence-electron chi connectivity index (χ3n) is 3.71. The molecule has 1 aliphatic rings. The first-order valence-corrected chi connectivity index (χ1v) is 6.66. The largest absolute Gasteiger partial charge is 0.353 e. The smallest absolute Gasteiger partial charge is 0.220 e. The fourth-order valence-electron chi connectivity index (χ4n) is 2.65. The van der Waals surface area contributed by atoms with Crippen LogP contribution in [-0.2, 0) is 18.3 Å². The molecular formula is C13H24Cl2N4O. The van der Waals surface area contributed by atoms with Crippen LogP contribution in [0, 0.1) is 5.92 Å². The molecule has 1 aromatic rings. The standard InChI is InChI=1S/C13H22N4O.2ClH/c1-17-9-10(8-15-17)5-6-13(18)16-12-4-2-3-11(12)7-14;;/h8-9,11-12H,2-7,14H2,1H3,(H,16,18);2*1H. The Labute approximate surface area is 132 Å². The summed E-state index contributed by atoms with van der Waals surface area (Å²) >= 11 is 0. The van der Waals surface area contributed by atoms with E-state index in [1.54, 1.807) is 4.68 Å². The molecule has 1 amide bonds. The first-order valence-electron chi connectivity index (χ1n) is 6.66. The SMILES string of the molecule is Cl.Cl.Cn1cc(CCC(=O)NC2CCCC2CN)cn1. The van der Waals surface area contributed by atoms with E-state index in [0.29, 0.717) is 18.9 Å². The van der Waals surface area contributed by atoms with Gasteiger partial charge in [0.2, 0.25) is 5.91 Å². The molecule has 0 aliphatic heterocycles. The van der Waals surface area contributed by atoms with Crippen molar-refractivity contribution in [3.8, 4) is 0 Å². The third-order valence-corrected chi connectivity index (χ3v) is 3.71. The van der Waals surface area contributed by atoms with Gasteiger partial charge in [0, 0.05) is 25.7 Å². The first kappa shape index (κ1) is 19.2. The van der Waals surface area contributed by atoms with Crippen LogP contribution >= 0.6 is 24.8 Å². The average molecular weight is 323 g/mol. The fraction of sp³-hybridized carbons (Fsp3) is 0.692. The Morgan fingerprint density at radius 3 is 2.85 bits per heavy atom. The van der Waals surface area contributed by atoms with Gasteiger partial charge in [0.15, 0.2) is 0 Å². The lowest BCUT2D eigenvalue weighted by atomic mass is 10.0. The van der Waals surface area contributed by atoms with Crippen molar-refractivity contribution < 1.29 is 4.79 Å². The van der Waals surface area contributed by atoms with Crippen LogP contribution in [0.1, 0.15) is 31.2 Å². The summed E-state index contributed by atoms with van der Waals surface area (Å²) in [5.41, 5.74) is 6.81. The summed E-state index contributed by atoms with van der Waals surface area (Å²) in [6.45, 7) is 0.674. The quantitative estimate of drug-likeness (QED) is 0.861. The number of hydrogen-bond donors (Lipinski definition) is 2. The second kappa shape index (κ2) is 9.21. The molecule has 1 saturated carbocycles. The molecule has 2 unspecified atom stereocenters. The van der Waals surface area contributed by atoms with Crippen molar-refractivity contribution in [2.45, 2.75) is 38.1 Å². The summed E-state index contributed by atoms with van der Waals surface area (Å²) in [6.07, 6.45) is 8.43. The highest BCUT2D eigenvalue weighted by Crippen LogP contribution is 2.24. The van der Waals surface area contributed by atoms with Crippen LogP contribution in [0.3, 0.4) is 0 Å². The number of rotatable bonds is 5. The van der Waals surface area contributed by atoms with Gasteiger partial charge in [-0.05, 0) is 37.3 Å². The minimum absolute atomic E-state index is 0. The number of nitrogens with two attached hydrogens (primary N) is 1. The van der Waals surface area contributed by atoms with Gasteiger partial charge < -0.3 is 11.1 Å². The Bertz CT molecular complexity index is 411. The van der Waals surface area contributed by atoms with Gasteiger partial charge in [-0.15, -0.1) is 24.8 Å². The maximum Gasteiger partial charge on any atom is 0.220 e. The normalized spacial score (nSPS) is 20.9. The van der Waals surface area contributed by atoms with Crippen molar-refractivity contribution >= 4 is 30.7 Å². The molecule has 20 heavy (non-hydrogen) atoms. The first-order chi connectivity index (χ1) is 8.69. The van der Waals surface area contributed by atoms with E-state index in [2.05, 4.69) is 10.4 Å². The number of nitrogens with zero attached hydrogens (tertiary/aromatic N) is 2. The monoisotopic (exact) mass is 322 g/mol. The summed E-state index contributed by atoms with van der Waals surface area (Å²) in [7, 11) is 1.88. The molecule has 1 aliphatic carbocycles. The fourth-order valence-corrected chi connectivity index (χ4v) is 2.65. The number of carbonyl (C=O) groups excluding carboxylic acids is 1. The maximum atomic E-state index is 11.9. The zero-order valence-electron chi connectivity index (χ0n) is 11.7. The van der Waals surface area contributed by atoms with Gasteiger partial charge in [0.25, 0.3) is 0 Å². The highest BCUT2D eigenvalue weighted by Gasteiger charge is 2.26. The Morgan fingerprint density at radius 1 is 1.50 bits per heavy atom. The van der Waals surface area contributed by atoms with E-state index < -0.39 is 0 Å². The Morgan fingerprint density at radius 2 is 2.25 bits per heavy atom. The van der Waals surface area contributed by atoms with Gasteiger partial charge in [-0.2, -0.15) is 5.10 Å². The number of halogens is 2. The van der Waals surface area contributed by atoms with Gasteiger partial charge in [0.1, 0.15) is 0 Å². The lowest BCUT2D eigenvalue weighted by Crippen LogP contribution is -2.39. The van der Waals surface area contributed by atoms with Crippen LogP contribution in [0.2, 0.25) is 0 Å². The molecule has 7 heteroatoms. The molecule has 2 atom stereocenters. The summed E-state index contributed by atoms with van der Waals surface area (Å²) < 4.78 is 1.76. The Balaban J connectivity index is 0.00000180. The van der Waals surface area contributed by atoms with E-state index in [1.165, 1.54) is 6.42 Å². The highest BCUT2D eigenvalue weighted by atomic mass is 35.5. The van der Waals surface area contributed by atoms with Gasteiger partial charge in [0.05, 0.1) is 6.20 Å². The van der Waals surface area contributed by atoms with Crippen LogP contribution in [0.25, 0.3) is 0 Å². The van der Waals surface area contributed by atoms with Gasteiger partial charge in [-0.25, -0.2) is 0 Å². The lowest BCUT2D eigenvalue weighted by molar-refractivity contribution is -0.122. The van der Waals surface area contributed by atoms with Crippen molar-refractivity contribution in [3.05, 3.63) is 18.0 Å². The van der Waals surface area contributed by atoms with Crippen molar-refractivity contribution in [2.75, 3.05) is 6.54 Å². The molecule has 0 aromatic carbocycles. The van der Waals surface area contributed by atoms with Crippen molar-refractivity contribution in [2.24, 2.45) is 18.7 Å². The molecule has 3 N–H and O–H groups in total. The van der Waals surface area contributed by atoms with E-state index in [1.807, 2.05) is 19.4 Å². The van der Waals surface area contributed by atoms with Crippen LogP contribution in [0.5, 0.6) is 0 Å². The van der Waals surface area contributed by atoms with Crippen molar-refractivity contribution in [1.29, 1.82) is 0 Å². The molecule has 2 rings (SSSR count). The molecule has 1 heterocycles. The summed E-state index contributed by atoms with van der Waals surface area (Å²) in [5, 5.41) is 7.20. The number of carbonyl (C=O) groups is 1. The maximum absolute atomic E-state index is 11.9. The zero-order chi connectivity index (χ0) is 13.0. The predicted molar refractivity (Wildman–Crippen MR) is 84.4 cm³/mol. The Kier molecular flexibility index (Phi) is 8.85. The van der Waals surface area contributed by atoms with E-state index >= 15 is 0 Å². The molecule has 116 valence electrons. The number of hydrogen-bond acceptors (Lipinski definition) is 3. The van der Waals surface area contributed by atoms with E-state index in [9.17, 15) is 4.79 Å². The molecule has 0 saturated heterocycles. The van der Waals surface area contributed by atoms with Gasteiger partial charge in [-0.3, -0.25) is 9.48 Å². The molecular weight excluding hydrogens is 299 g/mol. The lowest BCUT2D eigenvalue weighted by Gasteiger charge is -2.19. The second-order valence-electron chi connectivity index (χ2n) is 5.12. The predicted octanol–water partition coefficient (Wildman–Crippen LogP) is 1.44. The highest BCUT2D eigenvalue weighted by molar-refractivity contribution is 5.85. The summed E-state index contributed by atoms with van der Waals surface area (Å²) in [5.74, 6) is 0.594. The molecule has 1 fully saturated rings. The minimum atomic E-state index is 0. The summed E-state index contributed by atoms with van der Waals surface area (Å²) in [6, 6.07) is 0.288. The second-order valence-corrected chi connectivity index (χ2v) is 5.12. The van der Waals surface area contributed by atoms with Gasteiger partial charge in [-0.1, -0.05) is 6.42 Å². The molecule has 0 radical (unpaired) electrons. The van der Waals surface area contributed by atoms with Gasteiger partial charge >= 0.3 is 0 Å². The van der Waals surface area contributed by atoms with Crippen LogP contribution in [0.15, 0.2) is 12.4 Å². The van der Waals surface area contributed by atoms with Crippen molar-refractivity contribution in [1.82, 2.24) is 15.1 Å². The third kappa shape index (κ3) is 5.31. The van der Waals surface area contributed by atoms with E-state index in [-0.39, 0.29) is 36.8 Å². The topological polar surface area (TPSA) is 72.9 Å². The molecule has 1 aromatic heterocycles. The molecule has 0 spiro atoms. The number of aryl methyl sites for hydroxylation is 2. The zero-order valence-corrected chi connectivity index (χ0v) is 13.4. The Hall–Kier alpha value is -0.780. The van der Waals surface area contributed by atoms with Crippen LogP contribution < -0.4 is 11.1 Å².